The SMILES string of the molecule is CCOC(=O)N1CCC(NC(=O)c2n[nH]c(=O)[nH]2)CC1. The molecule has 1 saturated heterocycles. The normalized spacial score (nSPS) is 15.9. The van der Waals surface area contributed by atoms with Crippen LogP contribution in [0.4, 0.5) is 4.79 Å². The highest BCUT2D eigenvalue weighted by molar-refractivity contribution is 5.90. The molecule has 0 spiro atoms. The number of hydrogen-bond donors (Lipinski definition) is 3. The van der Waals surface area contributed by atoms with Gasteiger partial charge in [0.25, 0.3) is 5.91 Å². The van der Waals surface area contributed by atoms with Gasteiger partial charge in [0.15, 0.2) is 0 Å². The van der Waals surface area contributed by atoms with E-state index in [2.05, 4.69) is 20.5 Å². The van der Waals surface area contributed by atoms with Gasteiger partial charge in [0.1, 0.15) is 0 Å². The molecule has 1 aliphatic heterocycles. The van der Waals surface area contributed by atoms with Crippen LogP contribution in [0.5, 0.6) is 0 Å². The third-order valence-electron chi connectivity index (χ3n) is 3.07. The van der Waals surface area contributed by atoms with Gasteiger partial charge in [0, 0.05) is 19.1 Å². The van der Waals surface area contributed by atoms with E-state index in [9.17, 15) is 14.4 Å². The highest BCUT2D eigenvalue weighted by atomic mass is 16.6. The molecule has 0 aromatic carbocycles. The fourth-order valence-corrected chi connectivity index (χ4v) is 2.05. The second-order valence-electron chi connectivity index (χ2n) is 4.46. The Morgan fingerprint density at radius 3 is 2.70 bits per heavy atom. The molecule has 1 aliphatic rings. The Hall–Kier alpha value is -2.32. The van der Waals surface area contributed by atoms with Gasteiger partial charge in [-0.15, -0.1) is 5.10 Å². The number of ether oxygens (including phenoxy) is 1. The average molecular weight is 283 g/mol. The van der Waals surface area contributed by atoms with Crippen molar-refractivity contribution in [1.29, 1.82) is 0 Å². The zero-order valence-corrected chi connectivity index (χ0v) is 11.1. The van der Waals surface area contributed by atoms with Crippen molar-refractivity contribution in [2.45, 2.75) is 25.8 Å². The van der Waals surface area contributed by atoms with Crippen molar-refractivity contribution in [3.05, 3.63) is 16.3 Å². The topological polar surface area (TPSA) is 120 Å². The average Bonchev–Trinajstić information content (AvgIpc) is 2.86. The van der Waals surface area contributed by atoms with Crippen molar-refractivity contribution in [2.24, 2.45) is 0 Å². The van der Waals surface area contributed by atoms with Crippen LogP contribution in [-0.4, -0.2) is 57.8 Å². The largest absolute Gasteiger partial charge is 0.450 e. The molecule has 1 aromatic heterocycles. The Morgan fingerprint density at radius 2 is 2.15 bits per heavy atom. The van der Waals surface area contributed by atoms with Crippen LogP contribution in [0.15, 0.2) is 4.79 Å². The second kappa shape index (κ2) is 6.22. The molecule has 110 valence electrons. The Balaban J connectivity index is 1.81. The number of hydrogen-bond acceptors (Lipinski definition) is 5. The molecule has 0 radical (unpaired) electrons. The quantitative estimate of drug-likeness (QED) is 0.687. The van der Waals surface area contributed by atoms with Crippen molar-refractivity contribution in [1.82, 2.24) is 25.4 Å². The first-order valence-corrected chi connectivity index (χ1v) is 6.47. The van der Waals surface area contributed by atoms with Gasteiger partial charge >= 0.3 is 11.8 Å². The number of rotatable bonds is 3. The van der Waals surface area contributed by atoms with Crippen LogP contribution in [0.3, 0.4) is 0 Å². The molecule has 9 heteroatoms. The zero-order valence-electron chi connectivity index (χ0n) is 11.1. The predicted molar refractivity (Wildman–Crippen MR) is 68.3 cm³/mol. The molecule has 2 rings (SSSR count). The van der Waals surface area contributed by atoms with E-state index in [0.29, 0.717) is 32.5 Å². The van der Waals surface area contributed by atoms with Gasteiger partial charge in [-0.05, 0) is 19.8 Å². The molecule has 1 aromatic rings. The van der Waals surface area contributed by atoms with E-state index in [1.54, 1.807) is 11.8 Å². The summed E-state index contributed by atoms with van der Waals surface area (Å²) in [6.45, 7) is 3.17. The van der Waals surface area contributed by atoms with Crippen molar-refractivity contribution in [2.75, 3.05) is 19.7 Å². The minimum Gasteiger partial charge on any atom is -0.450 e. The number of amides is 2. The van der Waals surface area contributed by atoms with Crippen LogP contribution in [0.1, 0.15) is 30.4 Å². The maximum absolute atomic E-state index is 11.8. The summed E-state index contributed by atoms with van der Waals surface area (Å²) < 4.78 is 4.92. The van der Waals surface area contributed by atoms with Gasteiger partial charge in [0.05, 0.1) is 6.61 Å². The lowest BCUT2D eigenvalue weighted by Crippen LogP contribution is -2.46. The van der Waals surface area contributed by atoms with Crippen molar-refractivity contribution in [3.8, 4) is 0 Å². The van der Waals surface area contributed by atoms with Crippen LogP contribution in [0, 0.1) is 0 Å². The van der Waals surface area contributed by atoms with Gasteiger partial charge < -0.3 is 15.0 Å². The summed E-state index contributed by atoms with van der Waals surface area (Å²) in [5.41, 5.74) is -0.521. The lowest BCUT2D eigenvalue weighted by atomic mass is 10.1. The molecule has 20 heavy (non-hydrogen) atoms. The molecular formula is C11H17N5O4. The van der Waals surface area contributed by atoms with Crippen LogP contribution in [-0.2, 0) is 4.74 Å². The Morgan fingerprint density at radius 1 is 1.45 bits per heavy atom. The first-order chi connectivity index (χ1) is 9.60. The first-order valence-electron chi connectivity index (χ1n) is 6.47. The maximum atomic E-state index is 11.8. The summed E-state index contributed by atoms with van der Waals surface area (Å²) in [7, 11) is 0. The monoisotopic (exact) mass is 283 g/mol. The van der Waals surface area contributed by atoms with Gasteiger partial charge in [-0.3, -0.25) is 9.78 Å². The number of nitrogens with zero attached hydrogens (tertiary/aromatic N) is 2. The first kappa shape index (κ1) is 14.1. The fourth-order valence-electron chi connectivity index (χ4n) is 2.05. The summed E-state index contributed by atoms with van der Waals surface area (Å²) in [6.07, 6.45) is 0.951. The molecule has 0 unspecified atom stereocenters. The highest BCUT2D eigenvalue weighted by Gasteiger charge is 2.25. The minimum absolute atomic E-state index is 0.0391. The Kier molecular flexibility index (Phi) is 4.38. The van der Waals surface area contributed by atoms with Crippen LogP contribution < -0.4 is 11.0 Å². The summed E-state index contributed by atoms with van der Waals surface area (Å²) in [4.78, 5) is 38.0. The molecule has 0 atom stereocenters. The number of nitrogens with one attached hydrogen (secondary N) is 3. The van der Waals surface area contributed by atoms with Gasteiger partial charge in [-0.2, -0.15) is 0 Å². The number of aromatic nitrogens is 3. The summed E-state index contributed by atoms with van der Waals surface area (Å²) in [6, 6.07) is -0.0478. The smallest absolute Gasteiger partial charge is 0.409 e. The van der Waals surface area contributed by atoms with E-state index < -0.39 is 11.6 Å². The molecule has 0 aliphatic carbocycles. The van der Waals surface area contributed by atoms with E-state index in [1.807, 2.05) is 0 Å². The molecule has 1 fully saturated rings. The van der Waals surface area contributed by atoms with Crippen LogP contribution >= 0.6 is 0 Å². The van der Waals surface area contributed by atoms with Gasteiger partial charge in [-0.25, -0.2) is 14.7 Å². The van der Waals surface area contributed by atoms with E-state index >= 15 is 0 Å². The van der Waals surface area contributed by atoms with Gasteiger partial charge in [0.2, 0.25) is 5.82 Å². The third kappa shape index (κ3) is 3.37. The lowest BCUT2D eigenvalue weighted by molar-refractivity contribution is 0.0853. The van der Waals surface area contributed by atoms with E-state index in [-0.39, 0.29) is 18.0 Å². The van der Waals surface area contributed by atoms with E-state index in [4.69, 9.17) is 4.74 Å². The summed E-state index contributed by atoms with van der Waals surface area (Å²) in [5, 5.41) is 8.46. The predicted octanol–water partition coefficient (Wildman–Crippen LogP) is -0.551. The van der Waals surface area contributed by atoms with Crippen molar-refractivity contribution < 1.29 is 14.3 Å². The van der Waals surface area contributed by atoms with E-state index in [1.165, 1.54) is 0 Å². The number of likely N-dealkylation sites (tertiary alicyclic amines) is 1. The van der Waals surface area contributed by atoms with Crippen molar-refractivity contribution >= 4 is 12.0 Å². The number of H-pyrrole nitrogens is 2. The minimum atomic E-state index is -0.521. The Labute approximate surface area is 114 Å². The molecule has 2 heterocycles. The summed E-state index contributed by atoms with van der Waals surface area (Å²) >= 11 is 0. The molecule has 3 N–H and O–H groups in total. The van der Waals surface area contributed by atoms with Crippen LogP contribution in [0.2, 0.25) is 0 Å². The third-order valence-corrected chi connectivity index (χ3v) is 3.07. The second-order valence-corrected chi connectivity index (χ2v) is 4.46. The number of carbonyl (C=O) groups excluding carboxylic acids is 2. The molecule has 0 bridgehead atoms. The maximum Gasteiger partial charge on any atom is 0.409 e. The van der Waals surface area contributed by atoms with Crippen LogP contribution in [0.25, 0.3) is 0 Å². The number of piperidine rings is 1. The number of carbonyl (C=O) groups is 2. The van der Waals surface area contributed by atoms with Gasteiger partial charge in [-0.1, -0.05) is 0 Å². The number of aromatic amines is 2. The molecule has 0 saturated carbocycles. The fraction of sp³-hybridized carbons (Fsp3) is 0.636. The standard InChI is InChI=1S/C11H17N5O4/c1-2-20-11(19)16-5-3-7(4-6-16)12-9(17)8-13-10(18)15-14-8/h7H,2-6H2,1H3,(H,12,17)(H2,13,14,15,18). The van der Waals surface area contributed by atoms with E-state index in [0.717, 1.165) is 0 Å². The molecule has 9 nitrogen and oxygen atoms in total. The molecule has 2 amide bonds. The molecular weight excluding hydrogens is 266 g/mol. The Bertz CT molecular complexity index is 529. The highest BCUT2D eigenvalue weighted by Crippen LogP contribution is 2.11. The summed E-state index contributed by atoms with van der Waals surface area (Å²) in [5.74, 6) is -0.472. The van der Waals surface area contributed by atoms with Crippen molar-refractivity contribution in [3.63, 3.8) is 0 Å². The zero-order chi connectivity index (χ0) is 14.5. The lowest BCUT2D eigenvalue weighted by Gasteiger charge is -2.31.